The molecule has 3 rings (SSSR count). The van der Waals surface area contributed by atoms with Gasteiger partial charge in [0.05, 0.1) is 30.0 Å². The van der Waals surface area contributed by atoms with Crippen molar-refractivity contribution in [1.29, 1.82) is 0 Å². The van der Waals surface area contributed by atoms with Crippen molar-refractivity contribution in [3.05, 3.63) is 89.5 Å². The van der Waals surface area contributed by atoms with Crippen LogP contribution in [0.1, 0.15) is 16.8 Å². The number of hydrogen-bond acceptors (Lipinski definition) is 4. The van der Waals surface area contributed by atoms with Gasteiger partial charge in [0.2, 0.25) is 0 Å². The maximum absolute atomic E-state index is 13.8. The molecule has 0 fully saturated rings. The standard InChI is InChI=1S/C21H18F4N2O3S/c1-15-17(14-30-13-16-7-9-18(22)10-8-16)11-19(12-26-15)27(21(23,24)25)31(28,29)20-5-3-2-4-6-20/h2-12H,13-14H2,1H3. The van der Waals surface area contributed by atoms with Gasteiger partial charge in [-0.25, -0.2) is 12.8 Å². The zero-order chi connectivity index (χ0) is 22.6. The first kappa shape index (κ1) is 22.7. The van der Waals surface area contributed by atoms with E-state index in [1.54, 1.807) is 6.92 Å². The van der Waals surface area contributed by atoms with Gasteiger partial charge >= 0.3 is 6.30 Å². The van der Waals surface area contributed by atoms with Crippen LogP contribution < -0.4 is 4.31 Å². The predicted octanol–water partition coefficient (Wildman–Crippen LogP) is 4.96. The van der Waals surface area contributed by atoms with Gasteiger partial charge < -0.3 is 4.74 Å². The topological polar surface area (TPSA) is 59.5 Å². The van der Waals surface area contributed by atoms with Gasteiger partial charge in [-0.3, -0.25) is 4.98 Å². The van der Waals surface area contributed by atoms with E-state index in [0.717, 1.165) is 24.4 Å². The number of aryl methyl sites for hydroxylation is 1. The van der Waals surface area contributed by atoms with Crippen LogP contribution in [0.5, 0.6) is 0 Å². The number of anilines is 1. The van der Waals surface area contributed by atoms with Crippen LogP contribution >= 0.6 is 0 Å². The van der Waals surface area contributed by atoms with E-state index in [-0.39, 0.29) is 18.8 Å². The van der Waals surface area contributed by atoms with Crippen molar-refractivity contribution in [2.45, 2.75) is 31.3 Å². The summed E-state index contributed by atoms with van der Waals surface area (Å²) in [5, 5.41) is 0. The molecular weight excluding hydrogens is 436 g/mol. The Morgan fingerprint density at radius 2 is 1.65 bits per heavy atom. The van der Waals surface area contributed by atoms with Crippen LogP contribution in [0, 0.1) is 12.7 Å². The van der Waals surface area contributed by atoms with Crippen molar-refractivity contribution in [3.8, 4) is 0 Å². The largest absolute Gasteiger partial charge is 0.498 e. The molecule has 0 amide bonds. The number of alkyl halides is 3. The lowest BCUT2D eigenvalue weighted by Crippen LogP contribution is -2.43. The number of pyridine rings is 1. The summed E-state index contributed by atoms with van der Waals surface area (Å²) in [5.74, 6) is -0.400. The third kappa shape index (κ3) is 5.39. The highest BCUT2D eigenvalue weighted by atomic mass is 32.2. The van der Waals surface area contributed by atoms with E-state index in [1.807, 2.05) is 0 Å². The zero-order valence-corrected chi connectivity index (χ0v) is 17.1. The summed E-state index contributed by atoms with van der Waals surface area (Å²) in [7, 11) is -4.92. The van der Waals surface area contributed by atoms with Gasteiger partial charge in [0.1, 0.15) is 5.82 Å². The number of rotatable bonds is 7. The van der Waals surface area contributed by atoms with Crippen molar-refractivity contribution < 1.29 is 30.7 Å². The number of sulfonamides is 1. The smallest absolute Gasteiger partial charge is 0.372 e. The molecule has 0 saturated carbocycles. The Balaban J connectivity index is 1.88. The van der Waals surface area contributed by atoms with Crippen molar-refractivity contribution >= 4 is 15.7 Å². The molecule has 2 aromatic carbocycles. The van der Waals surface area contributed by atoms with E-state index in [1.165, 1.54) is 42.5 Å². The van der Waals surface area contributed by atoms with E-state index in [0.29, 0.717) is 11.3 Å². The number of benzene rings is 2. The third-order valence-electron chi connectivity index (χ3n) is 4.36. The second-order valence-electron chi connectivity index (χ2n) is 6.61. The summed E-state index contributed by atoms with van der Waals surface area (Å²) in [6.45, 7) is 1.56. The van der Waals surface area contributed by atoms with Gasteiger partial charge in [0.15, 0.2) is 0 Å². The normalized spacial score (nSPS) is 12.0. The van der Waals surface area contributed by atoms with Gasteiger partial charge in [0, 0.05) is 11.3 Å². The highest BCUT2D eigenvalue weighted by Crippen LogP contribution is 2.35. The van der Waals surface area contributed by atoms with E-state index < -0.39 is 37.0 Å². The number of halogens is 4. The van der Waals surface area contributed by atoms with E-state index in [9.17, 15) is 26.0 Å². The van der Waals surface area contributed by atoms with Crippen LogP contribution in [0.4, 0.5) is 23.2 Å². The van der Waals surface area contributed by atoms with E-state index >= 15 is 0 Å². The molecule has 0 atom stereocenters. The molecule has 0 bridgehead atoms. The quantitative estimate of drug-likeness (QED) is 0.374. The second-order valence-corrected chi connectivity index (χ2v) is 8.39. The average Bonchev–Trinajstić information content (AvgIpc) is 2.71. The first-order valence-corrected chi connectivity index (χ1v) is 10.5. The van der Waals surface area contributed by atoms with Gasteiger partial charge in [-0.15, -0.1) is 13.2 Å². The zero-order valence-electron chi connectivity index (χ0n) is 16.3. The first-order valence-electron chi connectivity index (χ1n) is 9.04. The minimum Gasteiger partial charge on any atom is -0.372 e. The van der Waals surface area contributed by atoms with Gasteiger partial charge in [-0.05, 0) is 42.8 Å². The molecule has 1 aromatic heterocycles. The molecule has 0 aliphatic rings. The third-order valence-corrected chi connectivity index (χ3v) is 6.13. The fourth-order valence-corrected chi connectivity index (χ4v) is 4.16. The Hall–Kier alpha value is -2.98. The Bertz CT molecular complexity index is 1140. The van der Waals surface area contributed by atoms with Crippen LogP contribution in [0.3, 0.4) is 0 Å². The van der Waals surface area contributed by atoms with Gasteiger partial charge in [-0.1, -0.05) is 30.3 Å². The molecule has 164 valence electrons. The fraction of sp³-hybridized carbons (Fsp3) is 0.190. The number of aromatic nitrogens is 1. The molecule has 10 heteroatoms. The first-order chi connectivity index (χ1) is 14.6. The molecule has 0 radical (unpaired) electrons. The highest BCUT2D eigenvalue weighted by Gasteiger charge is 2.47. The minimum atomic E-state index is -5.21. The number of hydrogen-bond donors (Lipinski definition) is 0. The monoisotopic (exact) mass is 454 g/mol. The van der Waals surface area contributed by atoms with Crippen molar-refractivity contribution in [3.63, 3.8) is 0 Å². The molecule has 31 heavy (non-hydrogen) atoms. The van der Waals surface area contributed by atoms with Crippen LogP contribution in [-0.2, 0) is 28.0 Å². The maximum atomic E-state index is 13.8. The molecule has 5 nitrogen and oxygen atoms in total. The predicted molar refractivity (Wildman–Crippen MR) is 106 cm³/mol. The van der Waals surface area contributed by atoms with Gasteiger partial charge in [-0.2, -0.15) is 4.31 Å². The molecule has 0 N–H and O–H groups in total. The highest BCUT2D eigenvalue weighted by molar-refractivity contribution is 7.92. The Morgan fingerprint density at radius 3 is 2.26 bits per heavy atom. The average molecular weight is 454 g/mol. The van der Waals surface area contributed by atoms with Crippen molar-refractivity contribution in [2.24, 2.45) is 0 Å². The van der Waals surface area contributed by atoms with Crippen LogP contribution in [0.2, 0.25) is 0 Å². The summed E-state index contributed by atoms with van der Waals surface area (Å²) >= 11 is 0. The molecule has 0 saturated heterocycles. The lowest BCUT2D eigenvalue weighted by atomic mass is 10.2. The van der Waals surface area contributed by atoms with E-state index in [4.69, 9.17) is 4.74 Å². The summed E-state index contributed by atoms with van der Waals surface area (Å²) in [4.78, 5) is 3.42. The summed E-state index contributed by atoms with van der Waals surface area (Å²) in [6.07, 6.45) is -4.36. The number of nitrogens with zero attached hydrogens (tertiary/aromatic N) is 2. The molecule has 0 aliphatic heterocycles. The van der Waals surface area contributed by atoms with Crippen LogP contribution in [-0.4, -0.2) is 19.7 Å². The molecule has 0 spiro atoms. The second kappa shape index (κ2) is 9.03. The lowest BCUT2D eigenvalue weighted by Gasteiger charge is -2.26. The van der Waals surface area contributed by atoms with Crippen LogP contribution in [0.25, 0.3) is 0 Å². The minimum absolute atomic E-state index is 0.0925. The van der Waals surface area contributed by atoms with E-state index in [2.05, 4.69) is 4.98 Å². The fourth-order valence-electron chi connectivity index (χ4n) is 2.80. The van der Waals surface area contributed by atoms with Crippen molar-refractivity contribution in [2.75, 3.05) is 4.31 Å². The maximum Gasteiger partial charge on any atom is 0.498 e. The van der Waals surface area contributed by atoms with Gasteiger partial charge in [0.25, 0.3) is 10.0 Å². The Morgan fingerprint density at radius 1 is 1.00 bits per heavy atom. The summed E-state index contributed by atoms with van der Waals surface area (Å²) < 4.78 is 84.7. The van der Waals surface area contributed by atoms with Crippen molar-refractivity contribution in [1.82, 2.24) is 4.98 Å². The Kier molecular flexibility index (Phi) is 6.61. The molecular formula is C21H18F4N2O3S. The Labute approximate surface area is 177 Å². The molecule has 0 unspecified atom stereocenters. The molecule has 0 aliphatic carbocycles. The lowest BCUT2D eigenvalue weighted by molar-refractivity contribution is -0.115. The number of ether oxygens (including phenoxy) is 1. The summed E-state index contributed by atoms with van der Waals surface area (Å²) in [6, 6.07) is 13.0. The SMILES string of the molecule is Cc1ncc(N(C(F)(F)F)S(=O)(=O)c2ccccc2)cc1COCc1ccc(F)cc1. The van der Waals surface area contributed by atoms with Crippen LogP contribution in [0.15, 0.2) is 71.8 Å². The summed E-state index contributed by atoms with van der Waals surface area (Å²) in [5.41, 5.74) is 0.702. The molecule has 3 aromatic rings. The molecule has 1 heterocycles.